The van der Waals surface area contributed by atoms with Gasteiger partial charge in [-0.05, 0) is 23.8 Å². The first-order chi connectivity index (χ1) is 11.9. The Balaban J connectivity index is 1.67. The summed E-state index contributed by atoms with van der Waals surface area (Å²) in [7, 11) is 0. The van der Waals surface area contributed by atoms with Crippen molar-refractivity contribution >= 4 is 11.6 Å². The maximum absolute atomic E-state index is 13.0. The van der Waals surface area contributed by atoms with Gasteiger partial charge in [0.25, 0.3) is 0 Å². The van der Waals surface area contributed by atoms with Crippen molar-refractivity contribution in [2.45, 2.75) is 25.7 Å². The van der Waals surface area contributed by atoms with Gasteiger partial charge in [-0.1, -0.05) is 24.3 Å². The van der Waals surface area contributed by atoms with Gasteiger partial charge in [0.15, 0.2) is 23.1 Å². The van der Waals surface area contributed by atoms with E-state index in [1.54, 1.807) is 24.3 Å². The summed E-state index contributed by atoms with van der Waals surface area (Å²) in [4.78, 5) is 24.4. The number of rotatable bonds is 6. The second-order valence-electron chi connectivity index (χ2n) is 5.49. The van der Waals surface area contributed by atoms with Crippen molar-refractivity contribution in [3.8, 4) is 11.5 Å². The van der Waals surface area contributed by atoms with Crippen LogP contribution in [0.3, 0.4) is 0 Å². The minimum absolute atomic E-state index is 0.0551. The molecule has 2 aromatic carbocycles. The molecule has 1 aliphatic rings. The fraction of sp³-hybridized carbons (Fsp3) is 0.222. The van der Waals surface area contributed by atoms with E-state index in [4.69, 9.17) is 0 Å². The van der Waals surface area contributed by atoms with E-state index in [2.05, 4.69) is 9.47 Å². The van der Waals surface area contributed by atoms with Crippen LogP contribution >= 0.6 is 0 Å². The van der Waals surface area contributed by atoms with E-state index in [9.17, 15) is 23.5 Å². The molecule has 3 rings (SSSR count). The molecule has 0 bridgehead atoms. The first-order valence-corrected chi connectivity index (χ1v) is 7.54. The number of ether oxygens (including phenoxy) is 2. The van der Waals surface area contributed by atoms with Crippen molar-refractivity contribution in [3.05, 3.63) is 59.2 Å². The average Bonchev–Trinajstić information content (AvgIpc) is 2.92. The number of hydrogen-bond acceptors (Lipinski definition) is 5. The highest BCUT2D eigenvalue weighted by Crippen LogP contribution is 2.41. The van der Waals surface area contributed by atoms with Gasteiger partial charge >= 0.3 is 6.29 Å². The van der Waals surface area contributed by atoms with Gasteiger partial charge in [0.05, 0.1) is 6.61 Å². The lowest BCUT2D eigenvalue weighted by Gasteiger charge is -2.06. The van der Waals surface area contributed by atoms with Crippen molar-refractivity contribution in [1.29, 1.82) is 0 Å². The lowest BCUT2D eigenvalue weighted by molar-refractivity contribution is -0.286. The van der Waals surface area contributed by atoms with Gasteiger partial charge in [0, 0.05) is 24.0 Å². The predicted octanol–water partition coefficient (Wildman–Crippen LogP) is 3.35. The zero-order valence-electron chi connectivity index (χ0n) is 13.0. The topological polar surface area (TPSA) is 72.8 Å². The highest BCUT2D eigenvalue weighted by atomic mass is 19.3. The molecule has 0 fully saturated rings. The van der Waals surface area contributed by atoms with E-state index in [-0.39, 0.29) is 48.1 Å². The number of alkyl halides is 2. The number of carbonyl (C=O) groups is 2. The van der Waals surface area contributed by atoms with Gasteiger partial charge in [-0.3, -0.25) is 9.59 Å². The van der Waals surface area contributed by atoms with Crippen LogP contribution in [0.4, 0.5) is 8.78 Å². The Kier molecular flexibility index (Phi) is 4.50. The van der Waals surface area contributed by atoms with Crippen LogP contribution in [0.5, 0.6) is 11.5 Å². The van der Waals surface area contributed by atoms with E-state index < -0.39 is 6.29 Å². The quantitative estimate of drug-likeness (QED) is 0.811. The lowest BCUT2D eigenvalue weighted by atomic mass is 9.98. The summed E-state index contributed by atoms with van der Waals surface area (Å²) in [5, 5.41) is 9.25. The number of halogens is 2. The number of benzene rings is 2. The van der Waals surface area contributed by atoms with E-state index in [0.717, 1.165) is 0 Å². The number of carbonyl (C=O) groups excluding carboxylic acids is 2. The number of fused-ring (bicyclic) bond motifs is 1. The average molecular weight is 348 g/mol. The van der Waals surface area contributed by atoms with Crippen molar-refractivity contribution in [1.82, 2.24) is 0 Å². The molecule has 0 radical (unpaired) electrons. The molecule has 1 N–H and O–H groups in total. The SMILES string of the molecule is O=C(CCC(=O)c1ccccc1CO)c1ccc2c(c1)OC(F)(F)O2. The molecule has 0 amide bonds. The van der Waals surface area contributed by atoms with Gasteiger partial charge in [0.1, 0.15) is 0 Å². The molecular weight excluding hydrogens is 334 g/mol. The molecule has 0 unspecified atom stereocenters. The molecule has 7 heteroatoms. The van der Waals surface area contributed by atoms with Gasteiger partial charge in [-0.25, -0.2) is 0 Å². The zero-order chi connectivity index (χ0) is 18.0. The predicted molar refractivity (Wildman–Crippen MR) is 82.9 cm³/mol. The Morgan fingerprint density at radius 2 is 1.64 bits per heavy atom. The fourth-order valence-corrected chi connectivity index (χ4v) is 2.56. The minimum Gasteiger partial charge on any atom is -0.395 e. The van der Waals surface area contributed by atoms with Crippen LogP contribution < -0.4 is 9.47 Å². The van der Waals surface area contributed by atoms with Gasteiger partial charge in [-0.2, -0.15) is 0 Å². The Morgan fingerprint density at radius 1 is 0.960 bits per heavy atom. The van der Waals surface area contributed by atoms with E-state index in [1.165, 1.54) is 18.2 Å². The van der Waals surface area contributed by atoms with Crippen molar-refractivity contribution < 1.29 is 33.0 Å². The maximum atomic E-state index is 13.0. The molecule has 0 saturated carbocycles. The van der Waals surface area contributed by atoms with Crippen LogP contribution in [0.1, 0.15) is 39.1 Å². The Bertz CT molecular complexity index is 832. The third-order valence-corrected chi connectivity index (χ3v) is 3.79. The Morgan fingerprint density at radius 3 is 2.40 bits per heavy atom. The van der Waals surface area contributed by atoms with E-state index >= 15 is 0 Å². The molecule has 130 valence electrons. The fourth-order valence-electron chi connectivity index (χ4n) is 2.56. The molecule has 0 aromatic heterocycles. The van der Waals surface area contributed by atoms with Crippen molar-refractivity contribution in [2.75, 3.05) is 0 Å². The largest absolute Gasteiger partial charge is 0.586 e. The third kappa shape index (κ3) is 3.66. The standard InChI is InChI=1S/C18H14F2O5/c19-18(20)24-16-8-5-11(9-17(16)25-18)14(22)6-7-15(23)13-4-2-1-3-12(13)10-21/h1-5,8-9,21H,6-7,10H2. The highest BCUT2D eigenvalue weighted by Gasteiger charge is 2.43. The second-order valence-corrected chi connectivity index (χ2v) is 5.49. The Hall–Kier alpha value is -2.80. The summed E-state index contributed by atoms with van der Waals surface area (Å²) in [6, 6.07) is 10.3. The van der Waals surface area contributed by atoms with Gasteiger partial charge in [-0.15, -0.1) is 8.78 Å². The van der Waals surface area contributed by atoms with Gasteiger partial charge < -0.3 is 14.6 Å². The van der Waals surface area contributed by atoms with Crippen molar-refractivity contribution in [2.24, 2.45) is 0 Å². The number of aliphatic hydroxyl groups excluding tert-OH is 1. The normalized spacial score (nSPS) is 14.4. The van der Waals surface area contributed by atoms with Crippen LogP contribution in [0.25, 0.3) is 0 Å². The minimum atomic E-state index is -3.74. The number of hydrogen-bond donors (Lipinski definition) is 1. The molecule has 1 heterocycles. The first kappa shape index (κ1) is 17.0. The van der Waals surface area contributed by atoms with Crippen LogP contribution in [-0.2, 0) is 6.61 Å². The molecular formula is C18H14F2O5. The second kappa shape index (κ2) is 6.60. The van der Waals surface area contributed by atoms with Crippen LogP contribution in [0.15, 0.2) is 42.5 Å². The van der Waals surface area contributed by atoms with Crippen LogP contribution in [0, 0.1) is 0 Å². The number of aliphatic hydroxyl groups is 1. The zero-order valence-corrected chi connectivity index (χ0v) is 13.0. The summed E-state index contributed by atoms with van der Waals surface area (Å²) in [5.74, 6) is -1.01. The van der Waals surface area contributed by atoms with E-state index in [0.29, 0.717) is 11.1 Å². The summed E-state index contributed by atoms with van der Waals surface area (Å²) < 4.78 is 34.6. The lowest BCUT2D eigenvalue weighted by Crippen LogP contribution is -2.25. The number of ketones is 2. The molecule has 0 spiro atoms. The monoisotopic (exact) mass is 348 g/mol. The third-order valence-electron chi connectivity index (χ3n) is 3.79. The van der Waals surface area contributed by atoms with Crippen LogP contribution in [-0.4, -0.2) is 23.0 Å². The summed E-state index contributed by atoms with van der Waals surface area (Å²) in [6.07, 6.45) is -3.89. The van der Waals surface area contributed by atoms with Crippen molar-refractivity contribution in [3.63, 3.8) is 0 Å². The number of Topliss-reactive ketones (excluding diaryl/α,β-unsaturated/α-hetero) is 2. The molecule has 2 aromatic rings. The maximum Gasteiger partial charge on any atom is 0.586 e. The first-order valence-electron chi connectivity index (χ1n) is 7.54. The summed E-state index contributed by atoms with van der Waals surface area (Å²) in [5.41, 5.74) is 1.01. The summed E-state index contributed by atoms with van der Waals surface area (Å²) >= 11 is 0. The molecule has 1 aliphatic heterocycles. The molecule has 5 nitrogen and oxygen atoms in total. The Labute approximate surface area is 141 Å². The van der Waals surface area contributed by atoms with E-state index in [1.807, 2.05) is 0 Å². The molecule has 25 heavy (non-hydrogen) atoms. The molecule has 0 atom stereocenters. The molecule has 0 saturated heterocycles. The van der Waals surface area contributed by atoms with Crippen LogP contribution in [0.2, 0.25) is 0 Å². The summed E-state index contributed by atoms with van der Waals surface area (Å²) in [6.45, 7) is -0.272. The molecule has 0 aliphatic carbocycles. The highest BCUT2D eigenvalue weighted by molar-refractivity contribution is 6.03. The smallest absolute Gasteiger partial charge is 0.395 e. The van der Waals surface area contributed by atoms with Gasteiger partial charge in [0.2, 0.25) is 0 Å².